The summed E-state index contributed by atoms with van der Waals surface area (Å²) in [6.07, 6.45) is -2.48. The smallest absolute Gasteiger partial charge is 0.383 e. The van der Waals surface area contributed by atoms with Crippen LogP contribution >= 0.6 is 0 Å². The molecule has 0 aliphatic heterocycles. The lowest BCUT2D eigenvalue weighted by atomic mass is 10.1. The maximum Gasteiger partial charge on any atom is 0.471 e. The van der Waals surface area contributed by atoms with Crippen LogP contribution in [-0.4, -0.2) is 33.3 Å². The number of carbonyl (C=O) groups is 1. The second-order valence-electron chi connectivity index (χ2n) is 4.65. The van der Waals surface area contributed by atoms with E-state index in [1.54, 1.807) is 23.5 Å². The number of benzene rings is 1. The van der Waals surface area contributed by atoms with Gasteiger partial charge in [-0.25, -0.2) is 0 Å². The average Bonchev–Trinajstić information content (AvgIpc) is 2.35. The first-order valence-corrected chi connectivity index (χ1v) is 8.23. The van der Waals surface area contributed by atoms with Crippen molar-refractivity contribution < 1.29 is 30.6 Å². The van der Waals surface area contributed by atoms with Crippen LogP contribution in [0.3, 0.4) is 0 Å². The second kappa shape index (κ2) is 7.48. The van der Waals surface area contributed by atoms with Gasteiger partial charge in [0, 0.05) is 6.54 Å². The van der Waals surface area contributed by atoms with Crippen LogP contribution in [0.5, 0.6) is 5.75 Å². The summed E-state index contributed by atoms with van der Waals surface area (Å²) in [5.41, 5.74) is 0.795. The van der Waals surface area contributed by atoms with Gasteiger partial charge < -0.3 is 9.50 Å². The van der Waals surface area contributed by atoms with Gasteiger partial charge in [-0.2, -0.15) is 21.6 Å². The Hall–Kier alpha value is -1.77. The predicted molar refractivity (Wildman–Crippen MR) is 73.9 cm³/mol. The van der Waals surface area contributed by atoms with Crippen LogP contribution in [0.4, 0.5) is 13.2 Å². The Bertz CT molecular complexity index is 614. The van der Waals surface area contributed by atoms with Gasteiger partial charge >= 0.3 is 22.2 Å². The topological polar surface area (TPSA) is 72.5 Å². The van der Waals surface area contributed by atoms with E-state index in [0.29, 0.717) is 19.3 Å². The van der Waals surface area contributed by atoms with Crippen LogP contribution in [0.15, 0.2) is 24.3 Å². The highest BCUT2D eigenvalue weighted by Crippen LogP contribution is 2.17. The molecular formula is C13H16F3NO4S. The van der Waals surface area contributed by atoms with Crippen molar-refractivity contribution >= 4 is 16.0 Å². The molecule has 5 nitrogen and oxygen atoms in total. The number of amides is 1. The fourth-order valence-corrected chi connectivity index (χ4v) is 2.14. The van der Waals surface area contributed by atoms with E-state index in [2.05, 4.69) is 0 Å². The number of alkyl halides is 3. The van der Waals surface area contributed by atoms with Gasteiger partial charge in [0.2, 0.25) is 0 Å². The third kappa shape index (κ3) is 7.30. The summed E-state index contributed by atoms with van der Waals surface area (Å²) in [5, 5.41) is 1.78. The van der Waals surface area contributed by atoms with E-state index in [1.165, 1.54) is 6.07 Å². The van der Waals surface area contributed by atoms with Crippen LogP contribution in [-0.2, 0) is 21.3 Å². The first-order valence-electron chi connectivity index (χ1n) is 6.41. The highest BCUT2D eigenvalue weighted by atomic mass is 32.2. The van der Waals surface area contributed by atoms with Crippen molar-refractivity contribution in [1.82, 2.24) is 5.32 Å². The van der Waals surface area contributed by atoms with Crippen LogP contribution in [0.25, 0.3) is 0 Å². The van der Waals surface area contributed by atoms with Crippen molar-refractivity contribution in [3.05, 3.63) is 29.8 Å². The summed E-state index contributed by atoms with van der Waals surface area (Å²) in [6.45, 7) is -0.0716. The monoisotopic (exact) mass is 339 g/mol. The first-order chi connectivity index (χ1) is 10.1. The van der Waals surface area contributed by atoms with Gasteiger partial charge in [-0.05, 0) is 37.0 Å². The zero-order valence-electron chi connectivity index (χ0n) is 11.8. The van der Waals surface area contributed by atoms with Crippen molar-refractivity contribution in [2.75, 3.05) is 12.8 Å². The predicted octanol–water partition coefficient (Wildman–Crippen LogP) is 2.03. The van der Waals surface area contributed by atoms with Gasteiger partial charge in [-0.15, -0.1) is 0 Å². The van der Waals surface area contributed by atoms with Gasteiger partial charge in [0.05, 0.1) is 6.26 Å². The number of halogens is 3. The minimum absolute atomic E-state index is 0.0716. The Balaban J connectivity index is 2.37. The molecule has 0 atom stereocenters. The highest BCUT2D eigenvalue weighted by molar-refractivity contribution is 7.86. The summed E-state index contributed by atoms with van der Waals surface area (Å²) in [4.78, 5) is 10.6. The van der Waals surface area contributed by atoms with Crippen LogP contribution in [0.2, 0.25) is 0 Å². The van der Waals surface area contributed by atoms with Crippen molar-refractivity contribution in [1.29, 1.82) is 0 Å². The third-order valence-corrected chi connectivity index (χ3v) is 3.08. The summed E-state index contributed by atoms with van der Waals surface area (Å²) < 4.78 is 62.5. The molecule has 1 aromatic rings. The van der Waals surface area contributed by atoms with E-state index >= 15 is 0 Å². The molecule has 1 amide bonds. The summed E-state index contributed by atoms with van der Waals surface area (Å²) >= 11 is 0. The molecule has 124 valence electrons. The molecule has 0 aliphatic carbocycles. The SMILES string of the molecule is CS(=O)(=O)Oc1cccc(CCCCNC(=O)C(F)(F)F)c1. The highest BCUT2D eigenvalue weighted by Gasteiger charge is 2.38. The lowest BCUT2D eigenvalue weighted by Gasteiger charge is -2.08. The number of nitrogens with one attached hydrogen (secondary N) is 1. The lowest BCUT2D eigenvalue weighted by Crippen LogP contribution is -2.37. The minimum Gasteiger partial charge on any atom is -0.383 e. The number of carbonyl (C=O) groups excluding carboxylic acids is 1. The number of hydrogen-bond donors (Lipinski definition) is 1. The Labute approximate surface area is 126 Å². The van der Waals surface area contributed by atoms with Gasteiger partial charge in [0.1, 0.15) is 5.75 Å². The van der Waals surface area contributed by atoms with Gasteiger partial charge in [-0.1, -0.05) is 12.1 Å². The molecule has 22 heavy (non-hydrogen) atoms. The molecule has 0 spiro atoms. The molecule has 0 fully saturated rings. The molecule has 0 heterocycles. The lowest BCUT2D eigenvalue weighted by molar-refractivity contribution is -0.173. The maximum absolute atomic E-state index is 11.9. The molecule has 1 N–H and O–H groups in total. The number of unbranched alkanes of at least 4 members (excludes halogenated alkanes) is 1. The fraction of sp³-hybridized carbons (Fsp3) is 0.462. The largest absolute Gasteiger partial charge is 0.471 e. The summed E-state index contributed by atoms with van der Waals surface area (Å²) in [7, 11) is -3.60. The van der Waals surface area contributed by atoms with Gasteiger partial charge in [0.25, 0.3) is 0 Å². The normalized spacial score (nSPS) is 12.0. The summed E-state index contributed by atoms with van der Waals surface area (Å²) in [6, 6.07) is 6.42. The van der Waals surface area contributed by atoms with E-state index in [9.17, 15) is 26.4 Å². The summed E-state index contributed by atoms with van der Waals surface area (Å²) in [5.74, 6) is -1.76. The standard InChI is InChI=1S/C13H16F3NO4S/c1-22(19,20)21-11-7-4-6-10(9-11)5-2-3-8-17-12(18)13(14,15)16/h4,6-7,9H,2-3,5,8H2,1H3,(H,17,18). The first kappa shape index (κ1) is 18.3. The quantitative estimate of drug-likeness (QED) is 0.609. The van der Waals surface area contributed by atoms with Crippen LogP contribution in [0, 0.1) is 0 Å². The molecule has 1 rings (SSSR count). The van der Waals surface area contributed by atoms with Gasteiger partial charge in [0.15, 0.2) is 0 Å². The Kier molecular flexibility index (Phi) is 6.21. The Morgan fingerprint density at radius 2 is 1.95 bits per heavy atom. The molecule has 0 aromatic heterocycles. The van der Waals surface area contributed by atoms with Crippen molar-refractivity contribution in [3.63, 3.8) is 0 Å². The molecular weight excluding hydrogens is 323 g/mol. The number of rotatable bonds is 7. The van der Waals surface area contributed by atoms with Crippen LogP contribution in [0.1, 0.15) is 18.4 Å². The number of hydrogen-bond acceptors (Lipinski definition) is 4. The molecule has 0 radical (unpaired) electrons. The average molecular weight is 339 g/mol. The second-order valence-corrected chi connectivity index (χ2v) is 6.22. The minimum atomic E-state index is -4.86. The number of aryl methyl sites for hydroxylation is 1. The molecule has 9 heteroatoms. The Morgan fingerprint density at radius 3 is 2.55 bits per heavy atom. The molecule has 0 aliphatic rings. The van der Waals surface area contributed by atoms with Gasteiger partial charge in [-0.3, -0.25) is 4.79 Å². The van der Waals surface area contributed by atoms with E-state index in [4.69, 9.17) is 4.18 Å². The zero-order chi connectivity index (χ0) is 16.8. The maximum atomic E-state index is 11.9. The molecule has 0 saturated heterocycles. The van der Waals surface area contributed by atoms with Crippen LogP contribution < -0.4 is 9.50 Å². The van der Waals surface area contributed by atoms with E-state index in [-0.39, 0.29) is 12.3 Å². The molecule has 0 bridgehead atoms. The van der Waals surface area contributed by atoms with E-state index in [1.807, 2.05) is 0 Å². The third-order valence-electron chi connectivity index (χ3n) is 2.58. The van der Waals surface area contributed by atoms with E-state index < -0.39 is 22.2 Å². The molecule has 1 aromatic carbocycles. The van der Waals surface area contributed by atoms with Crippen molar-refractivity contribution in [3.8, 4) is 5.75 Å². The van der Waals surface area contributed by atoms with E-state index in [0.717, 1.165) is 11.8 Å². The fourth-order valence-electron chi connectivity index (χ4n) is 1.68. The zero-order valence-corrected chi connectivity index (χ0v) is 12.6. The van der Waals surface area contributed by atoms with Crippen molar-refractivity contribution in [2.45, 2.75) is 25.4 Å². The molecule has 0 unspecified atom stereocenters. The molecule has 0 saturated carbocycles. The Morgan fingerprint density at radius 1 is 1.27 bits per heavy atom. The van der Waals surface area contributed by atoms with Crippen molar-refractivity contribution in [2.24, 2.45) is 0 Å².